The lowest BCUT2D eigenvalue weighted by Gasteiger charge is -2.38. The number of nitrogens with one attached hydrogen (secondary N) is 3. The van der Waals surface area contributed by atoms with Crippen molar-refractivity contribution in [2.24, 2.45) is 0 Å². The molecule has 44 heavy (non-hydrogen) atoms. The van der Waals surface area contributed by atoms with Crippen LogP contribution in [0.15, 0.2) is 54.6 Å². The largest absolute Gasteiger partial charge is 0.447 e. The summed E-state index contributed by atoms with van der Waals surface area (Å²) in [5.74, 6) is 0. The number of carbonyl (C=O) groups excluding carboxylic acids is 3. The van der Waals surface area contributed by atoms with Crippen LogP contribution >= 0.6 is 0 Å². The van der Waals surface area contributed by atoms with Crippen LogP contribution in [0.4, 0.5) is 31.4 Å². The molecule has 1 fully saturated rings. The average molecular weight is 606 g/mol. The molecule has 234 valence electrons. The second kappa shape index (κ2) is 14.2. The summed E-state index contributed by atoms with van der Waals surface area (Å²) in [6.07, 6.45) is -7.48. The van der Waals surface area contributed by atoms with Crippen molar-refractivity contribution in [2.75, 3.05) is 22.6 Å². The summed E-state index contributed by atoms with van der Waals surface area (Å²) < 4.78 is 22.1. The molecule has 1 aliphatic heterocycles. The number of aliphatic hydroxyl groups is 1. The molecule has 11 nitrogen and oxygen atoms in total. The zero-order chi connectivity index (χ0) is 32.0. The molecule has 0 unspecified atom stereocenters. The maximum absolute atomic E-state index is 12.9. The minimum Gasteiger partial charge on any atom is -0.447 e. The van der Waals surface area contributed by atoms with Crippen molar-refractivity contribution in [3.8, 4) is 0 Å². The standard InChI is InChI=1S/C33H39N3O8/c1-18-7-19(2)11-24(10-18)34-31(38)41-17-27-16-28(43-32(39)35-25-12-20(3)8-21(4)13-25)29(30(37)42-27)44-33(40)36-26-14-22(5)9-23(6)15-26/h7-15,27-30,37H,16-17H2,1-6H3,(H,34,38)(H,35,39)(H,36,40)/t27-,28-,29+,30+/m0/s1. The van der Waals surface area contributed by atoms with Gasteiger partial charge in [0.15, 0.2) is 12.4 Å². The van der Waals surface area contributed by atoms with Crippen LogP contribution in [-0.4, -0.2) is 54.6 Å². The molecule has 1 saturated heterocycles. The van der Waals surface area contributed by atoms with E-state index in [-0.39, 0.29) is 13.0 Å². The van der Waals surface area contributed by atoms with Crippen LogP contribution < -0.4 is 16.0 Å². The zero-order valence-corrected chi connectivity index (χ0v) is 25.7. The maximum atomic E-state index is 12.9. The fourth-order valence-electron chi connectivity index (χ4n) is 5.28. The maximum Gasteiger partial charge on any atom is 0.412 e. The molecule has 0 aliphatic carbocycles. The molecule has 1 heterocycles. The molecule has 11 heteroatoms. The number of amides is 3. The van der Waals surface area contributed by atoms with Gasteiger partial charge in [-0.3, -0.25) is 16.0 Å². The molecule has 3 aromatic carbocycles. The van der Waals surface area contributed by atoms with Crippen LogP contribution in [-0.2, 0) is 18.9 Å². The van der Waals surface area contributed by atoms with Gasteiger partial charge in [-0.25, -0.2) is 14.4 Å². The molecule has 3 amide bonds. The van der Waals surface area contributed by atoms with E-state index < -0.39 is 42.9 Å². The van der Waals surface area contributed by atoms with Gasteiger partial charge in [0, 0.05) is 23.5 Å². The van der Waals surface area contributed by atoms with E-state index in [1.165, 1.54) is 0 Å². The Labute approximate surface area is 256 Å². The van der Waals surface area contributed by atoms with E-state index in [0.29, 0.717) is 17.1 Å². The van der Waals surface area contributed by atoms with Gasteiger partial charge in [0.25, 0.3) is 0 Å². The highest BCUT2D eigenvalue weighted by molar-refractivity contribution is 5.86. The first-order valence-corrected chi connectivity index (χ1v) is 14.3. The Morgan fingerprint density at radius 1 is 0.659 bits per heavy atom. The highest BCUT2D eigenvalue weighted by atomic mass is 16.7. The van der Waals surface area contributed by atoms with Crippen molar-refractivity contribution in [3.63, 3.8) is 0 Å². The number of benzene rings is 3. The first-order valence-electron chi connectivity index (χ1n) is 14.3. The minimum atomic E-state index is -1.68. The molecule has 1 aliphatic rings. The zero-order valence-electron chi connectivity index (χ0n) is 25.7. The van der Waals surface area contributed by atoms with Crippen LogP contribution in [0.25, 0.3) is 0 Å². The molecule has 4 atom stereocenters. The van der Waals surface area contributed by atoms with E-state index in [1.54, 1.807) is 36.4 Å². The van der Waals surface area contributed by atoms with Crippen LogP contribution in [0, 0.1) is 41.5 Å². The molecule has 0 saturated carbocycles. The number of hydrogen-bond donors (Lipinski definition) is 4. The van der Waals surface area contributed by atoms with Gasteiger partial charge in [-0.05, 0) is 111 Å². The van der Waals surface area contributed by atoms with Gasteiger partial charge < -0.3 is 24.1 Å². The summed E-state index contributed by atoms with van der Waals surface area (Å²) in [6.45, 7) is 11.2. The van der Waals surface area contributed by atoms with Crippen LogP contribution in [0.1, 0.15) is 39.8 Å². The lowest BCUT2D eigenvalue weighted by molar-refractivity contribution is -0.248. The smallest absolute Gasteiger partial charge is 0.412 e. The van der Waals surface area contributed by atoms with E-state index in [2.05, 4.69) is 16.0 Å². The number of carbonyl (C=O) groups is 3. The molecule has 0 radical (unpaired) electrons. The van der Waals surface area contributed by atoms with Crippen molar-refractivity contribution >= 4 is 35.3 Å². The number of ether oxygens (including phenoxy) is 4. The van der Waals surface area contributed by atoms with Crippen molar-refractivity contribution < 1.29 is 38.4 Å². The quantitative estimate of drug-likeness (QED) is 0.226. The third-order valence-electron chi connectivity index (χ3n) is 6.78. The topological polar surface area (TPSA) is 144 Å². The molecule has 4 rings (SSSR count). The average Bonchev–Trinajstić information content (AvgIpc) is 2.87. The van der Waals surface area contributed by atoms with E-state index in [0.717, 1.165) is 33.4 Å². The van der Waals surface area contributed by atoms with Crippen molar-refractivity contribution in [1.82, 2.24) is 0 Å². The van der Waals surface area contributed by atoms with Gasteiger partial charge in [-0.1, -0.05) is 18.2 Å². The van der Waals surface area contributed by atoms with Gasteiger partial charge in [0.2, 0.25) is 0 Å². The molecule has 4 N–H and O–H groups in total. The summed E-state index contributed by atoms with van der Waals surface area (Å²) in [7, 11) is 0. The Balaban J connectivity index is 1.43. The van der Waals surface area contributed by atoms with Crippen LogP contribution in [0.2, 0.25) is 0 Å². The Morgan fingerprint density at radius 2 is 1.05 bits per heavy atom. The minimum absolute atomic E-state index is 0.0321. The van der Waals surface area contributed by atoms with Crippen molar-refractivity contribution in [3.05, 3.63) is 88.0 Å². The third kappa shape index (κ3) is 9.45. The van der Waals surface area contributed by atoms with Crippen molar-refractivity contribution in [2.45, 2.75) is 72.6 Å². The number of hydrogen-bond acceptors (Lipinski definition) is 8. The number of aryl methyl sites for hydroxylation is 6. The summed E-state index contributed by atoms with van der Waals surface area (Å²) in [6, 6.07) is 16.6. The fraction of sp³-hybridized carbons (Fsp3) is 0.364. The molecule has 0 aromatic heterocycles. The Bertz CT molecular complexity index is 1460. The van der Waals surface area contributed by atoms with Gasteiger partial charge >= 0.3 is 18.3 Å². The number of anilines is 3. The molecule has 0 bridgehead atoms. The molecular formula is C33H39N3O8. The van der Waals surface area contributed by atoms with Crippen LogP contribution in [0.3, 0.4) is 0 Å². The van der Waals surface area contributed by atoms with Crippen LogP contribution in [0.5, 0.6) is 0 Å². The summed E-state index contributed by atoms with van der Waals surface area (Å²) in [5, 5.41) is 18.8. The van der Waals surface area contributed by atoms with E-state index in [9.17, 15) is 19.5 Å². The third-order valence-corrected chi connectivity index (χ3v) is 6.78. The lowest BCUT2D eigenvalue weighted by Crippen LogP contribution is -2.53. The normalized spacial score (nSPS) is 19.4. The highest BCUT2D eigenvalue weighted by Gasteiger charge is 2.43. The summed E-state index contributed by atoms with van der Waals surface area (Å²) in [5.41, 5.74) is 7.33. The molecule has 0 spiro atoms. The van der Waals surface area contributed by atoms with Gasteiger partial charge in [0.1, 0.15) is 12.7 Å². The summed E-state index contributed by atoms with van der Waals surface area (Å²) >= 11 is 0. The van der Waals surface area contributed by atoms with E-state index in [4.69, 9.17) is 18.9 Å². The second-order valence-electron chi connectivity index (χ2n) is 11.3. The molecule has 3 aromatic rings. The van der Waals surface area contributed by atoms with Crippen molar-refractivity contribution in [1.29, 1.82) is 0 Å². The monoisotopic (exact) mass is 605 g/mol. The summed E-state index contributed by atoms with van der Waals surface area (Å²) in [4.78, 5) is 38.2. The predicted octanol–water partition coefficient (Wildman–Crippen LogP) is 6.43. The van der Waals surface area contributed by atoms with E-state index >= 15 is 0 Å². The Kier molecular flexibility index (Phi) is 10.5. The first-order chi connectivity index (χ1) is 20.8. The Morgan fingerprint density at radius 3 is 1.48 bits per heavy atom. The second-order valence-corrected chi connectivity index (χ2v) is 11.3. The molecular weight excluding hydrogens is 566 g/mol. The lowest BCUT2D eigenvalue weighted by atomic mass is 10.0. The number of rotatable bonds is 7. The van der Waals surface area contributed by atoms with Gasteiger partial charge in [0.05, 0.1) is 6.10 Å². The van der Waals surface area contributed by atoms with Gasteiger partial charge in [-0.15, -0.1) is 0 Å². The highest BCUT2D eigenvalue weighted by Crippen LogP contribution is 2.27. The number of aliphatic hydroxyl groups excluding tert-OH is 1. The first kappa shape index (κ1) is 32.3. The SMILES string of the molecule is Cc1cc(C)cc(NC(=O)OC[C@@H]2C[C@H](OC(=O)Nc3cc(C)cc(C)c3)[C@@H](OC(=O)Nc3cc(C)cc(C)c3)[C@H](O)O2)c1. The Hall–Kier alpha value is -4.61. The van der Waals surface area contributed by atoms with E-state index in [1.807, 2.05) is 59.7 Å². The van der Waals surface area contributed by atoms with Gasteiger partial charge in [-0.2, -0.15) is 0 Å². The predicted molar refractivity (Wildman–Crippen MR) is 166 cm³/mol. The fourth-order valence-corrected chi connectivity index (χ4v) is 5.28.